The van der Waals surface area contributed by atoms with Gasteiger partial charge in [-0.15, -0.1) is 0 Å². The number of nitrogens with zero attached hydrogens (tertiary/aromatic N) is 4. The number of hydrogen-bond donors (Lipinski definition) is 1. The molecule has 3 aromatic rings. The van der Waals surface area contributed by atoms with Crippen LogP contribution in [0.25, 0.3) is 11.9 Å². The van der Waals surface area contributed by atoms with E-state index in [9.17, 15) is 0 Å². The SMILES string of the molecule is CC(=Cc1ccccc1)CNCc1cccnc1-n1cncn1. The van der Waals surface area contributed by atoms with Crippen LogP contribution in [-0.2, 0) is 6.54 Å². The molecule has 2 aromatic heterocycles. The summed E-state index contributed by atoms with van der Waals surface area (Å²) >= 11 is 0. The van der Waals surface area contributed by atoms with Crippen molar-refractivity contribution in [2.24, 2.45) is 0 Å². The molecule has 0 saturated heterocycles. The Balaban J connectivity index is 1.62. The highest BCUT2D eigenvalue weighted by molar-refractivity contribution is 5.52. The molecule has 0 amide bonds. The van der Waals surface area contributed by atoms with Crippen molar-refractivity contribution in [3.05, 3.63) is 78.0 Å². The Hall–Kier alpha value is -2.79. The summed E-state index contributed by atoms with van der Waals surface area (Å²) in [5, 5.41) is 7.60. The van der Waals surface area contributed by atoms with Crippen molar-refractivity contribution in [2.75, 3.05) is 6.54 Å². The highest BCUT2D eigenvalue weighted by Gasteiger charge is 2.05. The quantitative estimate of drug-likeness (QED) is 0.761. The van der Waals surface area contributed by atoms with Gasteiger partial charge in [-0.1, -0.05) is 48.0 Å². The first-order valence-electron chi connectivity index (χ1n) is 7.55. The Kier molecular flexibility index (Phi) is 4.91. The van der Waals surface area contributed by atoms with Crippen molar-refractivity contribution >= 4 is 6.08 Å². The third kappa shape index (κ3) is 4.11. The molecule has 0 saturated carbocycles. The molecule has 1 aromatic carbocycles. The van der Waals surface area contributed by atoms with Crippen LogP contribution in [0, 0.1) is 0 Å². The van der Waals surface area contributed by atoms with Gasteiger partial charge in [-0.25, -0.2) is 14.6 Å². The summed E-state index contributed by atoms with van der Waals surface area (Å²) in [4.78, 5) is 8.37. The fourth-order valence-corrected chi connectivity index (χ4v) is 2.37. The predicted octanol–water partition coefficient (Wildman–Crippen LogP) is 2.86. The average Bonchev–Trinajstić information content (AvgIpc) is 3.10. The van der Waals surface area contributed by atoms with Crippen molar-refractivity contribution in [1.29, 1.82) is 0 Å². The highest BCUT2D eigenvalue weighted by atomic mass is 15.3. The van der Waals surface area contributed by atoms with E-state index in [1.165, 1.54) is 17.5 Å². The first-order chi connectivity index (χ1) is 11.3. The lowest BCUT2D eigenvalue weighted by molar-refractivity contribution is 0.722. The second-order valence-corrected chi connectivity index (χ2v) is 5.33. The Morgan fingerprint density at radius 1 is 1.17 bits per heavy atom. The Labute approximate surface area is 135 Å². The zero-order valence-corrected chi connectivity index (χ0v) is 13.1. The van der Waals surface area contributed by atoms with Crippen LogP contribution < -0.4 is 5.32 Å². The standard InChI is InChI=1S/C18H19N5/c1-15(10-16-6-3-2-4-7-16)11-19-12-17-8-5-9-21-18(17)23-14-20-13-22-23/h2-10,13-14,19H,11-12H2,1H3. The van der Waals surface area contributed by atoms with Gasteiger partial charge in [-0.2, -0.15) is 5.10 Å². The first kappa shape index (κ1) is 15.1. The summed E-state index contributed by atoms with van der Waals surface area (Å²) in [5.41, 5.74) is 3.59. The molecule has 2 heterocycles. The van der Waals surface area contributed by atoms with Gasteiger partial charge < -0.3 is 5.32 Å². The number of aromatic nitrogens is 4. The Morgan fingerprint density at radius 3 is 2.83 bits per heavy atom. The lowest BCUT2D eigenvalue weighted by atomic mass is 10.1. The number of benzene rings is 1. The summed E-state index contributed by atoms with van der Waals surface area (Å²) in [6.07, 6.45) is 7.13. The van der Waals surface area contributed by atoms with Crippen LogP contribution >= 0.6 is 0 Å². The molecule has 0 spiro atoms. The number of nitrogens with one attached hydrogen (secondary N) is 1. The largest absolute Gasteiger partial charge is 0.309 e. The van der Waals surface area contributed by atoms with Gasteiger partial charge >= 0.3 is 0 Å². The molecule has 0 atom stereocenters. The summed E-state index contributed by atoms with van der Waals surface area (Å²) < 4.78 is 1.68. The van der Waals surface area contributed by atoms with Gasteiger partial charge in [0.25, 0.3) is 0 Å². The zero-order valence-electron chi connectivity index (χ0n) is 13.1. The highest BCUT2D eigenvalue weighted by Crippen LogP contribution is 2.10. The Morgan fingerprint density at radius 2 is 2.04 bits per heavy atom. The van der Waals surface area contributed by atoms with E-state index in [1.54, 1.807) is 17.2 Å². The third-order valence-electron chi connectivity index (χ3n) is 3.44. The molecule has 116 valence electrons. The van der Waals surface area contributed by atoms with Crippen LogP contribution in [0.1, 0.15) is 18.1 Å². The minimum absolute atomic E-state index is 0.725. The molecular formula is C18H19N5. The first-order valence-corrected chi connectivity index (χ1v) is 7.55. The molecular weight excluding hydrogens is 286 g/mol. The van der Waals surface area contributed by atoms with E-state index in [0.717, 1.165) is 24.5 Å². The van der Waals surface area contributed by atoms with Crippen molar-refractivity contribution in [1.82, 2.24) is 25.1 Å². The average molecular weight is 305 g/mol. The lowest BCUT2D eigenvalue weighted by Crippen LogP contribution is -2.17. The minimum atomic E-state index is 0.725. The molecule has 0 fully saturated rings. The van der Waals surface area contributed by atoms with E-state index in [1.807, 2.05) is 30.3 Å². The fraction of sp³-hybridized carbons (Fsp3) is 0.167. The second-order valence-electron chi connectivity index (χ2n) is 5.33. The van der Waals surface area contributed by atoms with Crippen molar-refractivity contribution < 1.29 is 0 Å². The fourth-order valence-electron chi connectivity index (χ4n) is 2.37. The zero-order chi connectivity index (χ0) is 15.9. The molecule has 3 rings (SSSR count). The number of hydrogen-bond acceptors (Lipinski definition) is 4. The summed E-state index contributed by atoms with van der Waals surface area (Å²) in [5.74, 6) is 0.808. The summed E-state index contributed by atoms with van der Waals surface area (Å²) in [6, 6.07) is 14.3. The van der Waals surface area contributed by atoms with E-state index in [2.05, 4.69) is 45.5 Å². The third-order valence-corrected chi connectivity index (χ3v) is 3.44. The topological polar surface area (TPSA) is 55.6 Å². The molecule has 0 radical (unpaired) electrons. The van der Waals surface area contributed by atoms with Crippen molar-refractivity contribution in [3.63, 3.8) is 0 Å². The number of rotatable bonds is 6. The van der Waals surface area contributed by atoms with Crippen LogP contribution in [0.15, 0.2) is 66.9 Å². The predicted molar refractivity (Wildman–Crippen MR) is 91.0 cm³/mol. The van der Waals surface area contributed by atoms with E-state index in [0.29, 0.717) is 0 Å². The lowest BCUT2D eigenvalue weighted by Gasteiger charge is -2.09. The van der Waals surface area contributed by atoms with Crippen molar-refractivity contribution in [2.45, 2.75) is 13.5 Å². The normalized spacial score (nSPS) is 11.6. The smallest absolute Gasteiger partial charge is 0.159 e. The van der Waals surface area contributed by atoms with E-state index >= 15 is 0 Å². The van der Waals surface area contributed by atoms with E-state index in [4.69, 9.17) is 0 Å². The summed E-state index contributed by atoms with van der Waals surface area (Å²) in [7, 11) is 0. The summed E-state index contributed by atoms with van der Waals surface area (Å²) in [6.45, 7) is 3.67. The van der Waals surface area contributed by atoms with Gasteiger partial charge in [0.05, 0.1) is 0 Å². The van der Waals surface area contributed by atoms with Crippen LogP contribution in [0.4, 0.5) is 0 Å². The van der Waals surface area contributed by atoms with Gasteiger partial charge in [0.1, 0.15) is 12.7 Å². The van der Waals surface area contributed by atoms with E-state index < -0.39 is 0 Å². The minimum Gasteiger partial charge on any atom is -0.309 e. The van der Waals surface area contributed by atoms with Gasteiger partial charge in [0, 0.05) is 24.8 Å². The molecule has 0 aliphatic heterocycles. The van der Waals surface area contributed by atoms with E-state index in [-0.39, 0.29) is 0 Å². The van der Waals surface area contributed by atoms with Crippen LogP contribution in [-0.4, -0.2) is 26.3 Å². The molecule has 0 aliphatic carbocycles. The van der Waals surface area contributed by atoms with Crippen LogP contribution in [0.2, 0.25) is 0 Å². The van der Waals surface area contributed by atoms with Gasteiger partial charge in [-0.3, -0.25) is 0 Å². The van der Waals surface area contributed by atoms with Gasteiger partial charge in [0.2, 0.25) is 0 Å². The Bertz CT molecular complexity index is 763. The molecule has 0 bridgehead atoms. The molecule has 0 aliphatic rings. The maximum absolute atomic E-state index is 4.39. The van der Waals surface area contributed by atoms with Gasteiger partial charge in [-0.05, 0) is 18.6 Å². The molecule has 1 N–H and O–H groups in total. The van der Waals surface area contributed by atoms with Crippen LogP contribution in [0.3, 0.4) is 0 Å². The second kappa shape index (κ2) is 7.47. The monoisotopic (exact) mass is 305 g/mol. The van der Waals surface area contributed by atoms with Crippen molar-refractivity contribution in [3.8, 4) is 5.82 Å². The molecule has 0 unspecified atom stereocenters. The number of pyridine rings is 1. The molecule has 23 heavy (non-hydrogen) atoms. The molecule has 5 nitrogen and oxygen atoms in total. The van der Waals surface area contributed by atoms with Crippen LogP contribution in [0.5, 0.6) is 0 Å². The maximum atomic E-state index is 4.39. The van der Waals surface area contributed by atoms with Gasteiger partial charge in [0.15, 0.2) is 5.82 Å². The maximum Gasteiger partial charge on any atom is 0.159 e. The molecule has 5 heteroatoms.